The number of methoxy groups -OCH3 is 1. The standard InChI is InChI=1S/C13H24BrNO2/c1-10(2)8-15(11-6-4-5-7-11)9-12(14)13(16)17-3/h10-12H,4-9H2,1-3H3. The van der Waals surface area contributed by atoms with Crippen molar-refractivity contribution in [3.05, 3.63) is 0 Å². The van der Waals surface area contributed by atoms with Gasteiger partial charge < -0.3 is 4.74 Å². The molecule has 0 aliphatic heterocycles. The third kappa shape index (κ3) is 4.96. The maximum absolute atomic E-state index is 11.5. The van der Waals surface area contributed by atoms with Gasteiger partial charge in [0, 0.05) is 19.1 Å². The minimum absolute atomic E-state index is 0.170. The first-order chi connectivity index (χ1) is 8.04. The zero-order chi connectivity index (χ0) is 12.8. The highest BCUT2D eigenvalue weighted by molar-refractivity contribution is 9.10. The van der Waals surface area contributed by atoms with E-state index in [-0.39, 0.29) is 10.8 Å². The number of nitrogens with zero attached hydrogens (tertiary/aromatic N) is 1. The van der Waals surface area contributed by atoms with Gasteiger partial charge in [0.05, 0.1) is 7.11 Å². The van der Waals surface area contributed by atoms with Gasteiger partial charge in [0.1, 0.15) is 4.83 Å². The maximum atomic E-state index is 11.5. The van der Waals surface area contributed by atoms with E-state index < -0.39 is 0 Å². The average molecular weight is 306 g/mol. The highest BCUT2D eigenvalue weighted by Crippen LogP contribution is 2.25. The summed E-state index contributed by atoms with van der Waals surface area (Å²) in [6.45, 7) is 6.27. The first-order valence-electron chi connectivity index (χ1n) is 6.50. The predicted octanol–water partition coefficient (Wildman–Crippen LogP) is 2.82. The number of alkyl halides is 1. The number of rotatable bonds is 6. The van der Waals surface area contributed by atoms with Crippen molar-refractivity contribution in [2.24, 2.45) is 5.92 Å². The Bertz CT molecular complexity index is 240. The minimum Gasteiger partial charge on any atom is -0.468 e. The smallest absolute Gasteiger partial charge is 0.320 e. The Morgan fingerprint density at radius 1 is 1.35 bits per heavy atom. The number of halogens is 1. The lowest BCUT2D eigenvalue weighted by atomic mass is 10.1. The van der Waals surface area contributed by atoms with Crippen LogP contribution in [0.2, 0.25) is 0 Å². The molecule has 1 fully saturated rings. The molecule has 0 aromatic rings. The molecule has 0 amide bonds. The fourth-order valence-electron chi connectivity index (χ4n) is 2.52. The Morgan fingerprint density at radius 3 is 2.41 bits per heavy atom. The second-order valence-electron chi connectivity index (χ2n) is 5.28. The summed E-state index contributed by atoms with van der Waals surface area (Å²) < 4.78 is 4.77. The van der Waals surface area contributed by atoms with Crippen molar-refractivity contribution in [1.82, 2.24) is 4.90 Å². The Morgan fingerprint density at radius 2 is 1.94 bits per heavy atom. The molecule has 1 saturated carbocycles. The van der Waals surface area contributed by atoms with Crippen LogP contribution in [0.1, 0.15) is 39.5 Å². The highest BCUT2D eigenvalue weighted by atomic mass is 79.9. The van der Waals surface area contributed by atoms with Gasteiger partial charge >= 0.3 is 5.97 Å². The molecule has 4 heteroatoms. The van der Waals surface area contributed by atoms with Gasteiger partial charge in [-0.05, 0) is 18.8 Å². The number of ether oxygens (including phenoxy) is 1. The highest BCUT2D eigenvalue weighted by Gasteiger charge is 2.27. The van der Waals surface area contributed by atoms with Crippen LogP contribution in [0.5, 0.6) is 0 Å². The van der Waals surface area contributed by atoms with E-state index in [0.29, 0.717) is 12.0 Å². The molecule has 3 nitrogen and oxygen atoms in total. The molecule has 1 aliphatic carbocycles. The van der Waals surface area contributed by atoms with Gasteiger partial charge in [-0.25, -0.2) is 0 Å². The topological polar surface area (TPSA) is 29.5 Å². The monoisotopic (exact) mass is 305 g/mol. The molecule has 1 rings (SSSR count). The summed E-state index contributed by atoms with van der Waals surface area (Å²) in [6.07, 6.45) is 5.19. The SMILES string of the molecule is COC(=O)C(Br)CN(CC(C)C)C1CCCC1. The van der Waals surface area contributed by atoms with E-state index in [9.17, 15) is 4.79 Å². The van der Waals surface area contributed by atoms with Crippen LogP contribution in [0, 0.1) is 5.92 Å². The van der Waals surface area contributed by atoms with Crippen LogP contribution in [-0.4, -0.2) is 41.9 Å². The summed E-state index contributed by atoms with van der Waals surface area (Å²) in [6, 6.07) is 0.655. The van der Waals surface area contributed by atoms with Gasteiger partial charge in [0.2, 0.25) is 0 Å². The third-order valence-corrected chi connectivity index (χ3v) is 3.96. The lowest BCUT2D eigenvalue weighted by molar-refractivity contribution is -0.140. The molecule has 0 spiro atoms. The van der Waals surface area contributed by atoms with E-state index >= 15 is 0 Å². The Balaban J connectivity index is 2.53. The van der Waals surface area contributed by atoms with Crippen molar-refractivity contribution in [3.8, 4) is 0 Å². The fraction of sp³-hybridized carbons (Fsp3) is 0.923. The van der Waals surface area contributed by atoms with Crippen LogP contribution >= 0.6 is 15.9 Å². The van der Waals surface area contributed by atoms with E-state index in [1.54, 1.807) is 0 Å². The molecule has 0 heterocycles. The molecule has 0 saturated heterocycles. The van der Waals surface area contributed by atoms with Crippen molar-refractivity contribution in [2.45, 2.75) is 50.4 Å². The molecule has 1 aliphatic rings. The summed E-state index contributed by atoms with van der Waals surface area (Å²) in [5.74, 6) is 0.463. The second kappa shape index (κ2) is 7.37. The zero-order valence-electron chi connectivity index (χ0n) is 11.1. The van der Waals surface area contributed by atoms with E-state index in [1.807, 2.05) is 0 Å². The molecule has 0 radical (unpaired) electrons. The van der Waals surface area contributed by atoms with Crippen LogP contribution in [-0.2, 0) is 9.53 Å². The molecular formula is C13H24BrNO2. The molecule has 17 heavy (non-hydrogen) atoms. The Hall–Kier alpha value is -0.0900. The van der Waals surface area contributed by atoms with E-state index in [2.05, 4.69) is 34.7 Å². The van der Waals surface area contributed by atoms with E-state index in [4.69, 9.17) is 4.74 Å². The minimum atomic E-state index is -0.202. The van der Waals surface area contributed by atoms with Crippen molar-refractivity contribution in [3.63, 3.8) is 0 Å². The number of hydrogen-bond donors (Lipinski definition) is 0. The van der Waals surface area contributed by atoms with Crippen LogP contribution in [0.15, 0.2) is 0 Å². The average Bonchev–Trinajstić information content (AvgIpc) is 2.79. The molecule has 0 aromatic heterocycles. The molecular weight excluding hydrogens is 282 g/mol. The molecule has 100 valence electrons. The van der Waals surface area contributed by atoms with Gasteiger partial charge in [0.15, 0.2) is 0 Å². The predicted molar refractivity (Wildman–Crippen MR) is 73.4 cm³/mol. The molecule has 1 atom stereocenters. The third-order valence-electron chi connectivity index (χ3n) is 3.29. The Kier molecular flexibility index (Phi) is 6.49. The van der Waals surface area contributed by atoms with Crippen LogP contribution in [0.4, 0.5) is 0 Å². The van der Waals surface area contributed by atoms with Crippen molar-refractivity contribution >= 4 is 21.9 Å². The molecule has 0 bridgehead atoms. The van der Waals surface area contributed by atoms with Crippen LogP contribution < -0.4 is 0 Å². The maximum Gasteiger partial charge on any atom is 0.320 e. The lowest BCUT2D eigenvalue weighted by Crippen LogP contribution is -2.42. The van der Waals surface area contributed by atoms with Crippen molar-refractivity contribution in [1.29, 1.82) is 0 Å². The van der Waals surface area contributed by atoms with Gasteiger partial charge in [0.25, 0.3) is 0 Å². The van der Waals surface area contributed by atoms with Crippen molar-refractivity contribution in [2.75, 3.05) is 20.2 Å². The van der Waals surface area contributed by atoms with Gasteiger partial charge in [-0.2, -0.15) is 0 Å². The normalized spacial score (nSPS) is 18.9. The fourth-order valence-corrected chi connectivity index (χ4v) is 3.08. The second-order valence-corrected chi connectivity index (χ2v) is 6.38. The molecule has 0 aromatic carbocycles. The van der Waals surface area contributed by atoms with Crippen LogP contribution in [0.3, 0.4) is 0 Å². The van der Waals surface area contributed by atoms with Crippen LogP contribution in [0.25, 0.3) is 0 Å². The lowest BCUT2D eigenvalue weighted by Gasteiger charge is -2.31. The van der Waals surface area contributed by atoms with Gasteiger partial charge in [-0.1, -0.05) is 42.6 Å². The first-order valence-corrected chi connectivity index (χ1v) is 7.42. The Labute approximate surface area is 113 Å². The van der Waals surface area contributed by atoms with Gasteiger partial charge in [-0.15, -0.1) is 0 Å². The zero-order valence-corrected chi connectivity index (χ0v) is 12.7. The quantitative estimate of drug-likeness (QED) is 0.558. The summed E-state index contributed by atoms with van der Waals surface area (Å²) in [7, 11) is 1.44. The molecule has 1 unspecified atom stereocenters. The summed E-state index contributed by atoms with van der Waals surface area (Å²) in [5.41, 5.74) is 0. The number of carbonyl (C=O) groups excluding carboxylic acids is 1. The van der Waals surface area contributed by atoms with Crippen molar-refractivity contribution < 1.29 is 9.53 Å². The number of esters is 1. The van der Waals surface area contributed by atoms with E-state index in [0.717, 1.165) is 13.1 Å². The largest absolute Gasteiger partial charge is 0.468 e. The molecule has 0 N–H and O–H groups in total. The van der Waals surface area contributed by atoms with Gasteiger partial charge in [-0.3, -0.25) is 9.69 Å². The number of carbonyl (C=O) groups is 1. The summed E-state index contributed by atoms with van der Waals surface area (Å²) >= 11 is 3.42. The first kappa shape index (κ1) is 15.0. The summed E-state index contributed by atoms with van der Waals surface area (Å²) in [4.78, 5) is 13.7. The summed E-state index contributed by atoms with van der Waals surface area (Å²) in [5, 5.41) is 0. The number of hydrogen-bond acceptors (Lipinski definition) is 3. The van der Waals surface area contributed by atoms with E-state index in [1.165, 1.54) is 32.8 Å².